The molecule has 1 saturated heterocycles. The summed E-state index contributed by atoms with van der Waals surface area (Å²) in [4.78, 5) is 60.8. The average molecular weight is 618 g/mol. The van der Waals surface area contributed by atoms with Crippen LogP contribution in [0.3, 0.4) is 0 Å². The Morgan fingerprint density at radius 3 is 2.46 bits per heavy atom. The number of rotatable bonds is 15. The van der Waals surface area contributed by atoms with E-state index in [0.29, 0.717) is 25.8 Å². The predicted octanol–water partition coefficient (Wildman–Crippen LogP) is 2.35. The molecule has 2 atom stereocenters. The van der Waals surface area contributed by atoms with Crippen LogP contribution in [0.2, 0.25) is 0 Å². The van der Waals surface area contributed by atoms with E-state index in [1.807, 2.05) is 12.1 Å². The Labute approximate surface area is 223 Å². The number of aliphatic carboxylic acids is 1. The number of thioether (sulfide) groups is 1. The van der Waals surface area contributed by atoms with E-state index < -0.39 is 23.2 Å². The summed E-state index contributed by atoms with van der Waals surface area (Å²) < 4.78 is 1.17. The normalized spacial score (nSPS) is 16.3. The second-order valence-electron chi connectivity index (χ2n) is 8.35. The third-order valence-corrected chi connectivity index (χ3v) is 7.36. The van der Waals surface area contributed by atoms with Gasteiger partial charge < -0.3 is 15.7 Å². The van der Waals surface area contributed by atoms with Gasteiger partial charge in [0.05, 0.1) is 5.25 Å². The maximum atomic E-state index is 12.2. The number of halogens is 1. The van der Waals surface area contributed by atoms with Crippen LogP contribution in [0, 0.1) is 3.57 Å². The van der Waals surface area contributed by atoms with Crippen molar-refractivity contribution in [2.75, 3.05) is 19.3 Å². The van der Waals surface area contributed by atoms with Gasteiger partial charge in [-0.25, -0.2) is 4.79 Å². The Balaban J connectivity index is 1.60. The highest BCUT2D eigenvalue weighted by Crippen LogP contribution is 2.23. The molecule has 1 aromatic carbocycles. The summed E-state index contributed by atoms with van der Waals surface area (Å²) in [6, 6.07) is 7.14. The fraction of sp³-hybridized carbons (Fsp3) is 0.542. The lowest BCUT2D eigenvalue weighted by atomic mass is 10.1. The molecule has 11 heteroatoms. The maximum absolute atomic E-state index is 12.2. The van der Waals surface area contributed by atoms with E-state index in [1.54, 1.807) is 6.26 Å². The SMILES string of the molecule is CSC1CC(=O)N(CCC(=O)NC(CCCCNC(=O)CCCc2ccc(I)cc2)C(=O)O)C1=O. The second-order valence-corrected chi connectivity index (χ2v) is 10.6. The van der Waals surface area contributed by atoms with Crippen molar-refractivity contribution in [3.8, 4) is 0 Å². The molecule has 1 heterocycles. The summed E-state index contributed by atoms with van der Waals surface area (Å²) in [5.41, 5.74) is 1.20. The molecule has 2 rings (SSSR count). The van der Waals surface area contributed by atoms with Gasteiger partial charge in [0.15, 0.2) is 0 Å². The maximum Gasteiger partial charge on any atom is 0.326 e. The Hall–Kier alpha value is -2.15. The number of likely N-dealkylation sites (tertiary alicyclic amines) is 1. The Morgan fingerprint density at radius 1 is 1.11 bits per heavy atom. The van der Waals surface area contributed by atoms with Crippen LogP contribution in [-0.4, -0.2) is 70.2 Å². The first-order chi connectivity index (χ1) is 16.7. The lowest BCUT2D eigenvalue weighted by Crippen LogP contribution is -2.42. The number of imide groups is 1. The molecule has 35 heavy (non-hydrogen) atoms. The van der Waals surface area contributed by atoms with Gasteiger partial charge in [0.2, 0.25) is 23.6 Å². The first-order valence-corrected chi connectivity index (χ1v) is 14.0. The van der Waals surface area contributed by atoms with Crippen molar-refractivity contribution in [3.05, 3.63) is 33.4 Å². The molecule has 3 N–H and O–H groups in total. The number of hydrogen-bond acceptors (Lipinski definition) is 6. The summed E-state index contributed by atoms with van der Waals surface area (Å²) in [6.07, 6.45) is 5.09. The summed E-state index contributed by atoms with van der Waals surface area (Å²) in [7, 11) is 0. The number of aryl methyl sites for hydroxylation is 1. The van der Waals surface area contributed by atoms with Gasteiger partial charge in [-0.2, -0.15) is 11.8 Å². The minimum Gasteiger partial charge on any atom is -0.480 e. The number of benzene rings is 1. The summed E-state index contributed by atoms with van der Waals surface area (Å²) in [5, 5.41) is 14.3. The van der Waals surface area contributed by atoms with Crippen molar-refractivity contribution < 1.29 is 29.1 Å². The van der Waals surface area contributed by atoms with Gasteiger partial charge in [0.25, 0.3) is 0 Å². The zero-order chi connectivity index (χ0) is 25.8. The number of hydrogen-bond donors (Lipinski definition) is 3. The van der Waals surface area contributed by atoms with Gasteiger partial charge in [-0.1, -0.05) is 12.1 Å². The van der Waals surface area contributed by atoms with Crippen molar-refractivity contribution in [2.45, 2.75) is 62.7 Å². The fourth-order valence-electron chi connectivity index (χ4n) is 3.70. The standard InChI is InChI=1S/C24H32IN3O6S/c1-35-19-15-22(31)28(23(19)32)14-12-21(30)27-18(24(33)34)6-2-3-13-26-20(29)7-4-5-16-8-10-17(25)11-9-16/h8-11,18-19H,2-7,12-15H2,1H3,(H,26,29)(H,27,30)(H,33,34). The first-order valence-electron chi connectivity index (χ1n) is 11.6. The molecule has 1 aliphatic rings. The third-order valence-electron chi connectivity index (χ3n) is 5.71. The van der Waals surface area contributed by atoms with Gasteiger partial charge in [0, 0.05) is 35.9 Å². The summed E-state index contributed by atoms with van der Waals surface area (Å²) in [5.74, 6) is -2.31. The average Bonchev–Trinajstić information content (AvgIpc) is 3.10. The molecule has 0 aliphatic carbocycles. The van der Waals surface area contributed by atoms with Crippen molar-refractivity contribution in [3.63, 3.8) is 0 Å². The zero-order valence-electron chi connectivity index (χ0n) is 19.8. The topological polar surface area (TPSA) is 133 Å². The Bertz CT molecular complexity index is 911. The van der Waals surface area contributed by atoms with Crippen LogP contribution >= 0.6 is 34.4 Å². The number of carboxylic acid groups (broad SMARTS) is 1. The van der Waals surface area contributed by atoms with Crippen LogP contribution in [-0.2, 0) is 30.4 Å². The highest BCUT2D eigenvalue weighted by Gasteiger charge is 2.37. The third kappa shape index (κ3) is 10.2. The van der Waals surface area contributed by atoms with Crippen molar-refractivity contribution in [1.82, 2.24) is 15.5 Å². The molecule has 1 aromatic rings. The van der Waals surface area contributed by atoms with Crippen LogP contribution in [0.1, 0.15) is 50.5 Å². The van der Waals surface area contributed by atoms with Gasteiger partial charge >= 0.3 is 5.97 Å². The van der Waals surface area contributed by atoms with Crippen LogP contribution in [0.4, 0.5) is 0 Å². The Kier molecular flexibility index (Phi) is 12.5. The van der Waals surface area contributed by atoms with Crippen molar-refractivity contribution >= 4 is 64.0 Å². The lowest BCUT2D eigenvalue weighted by Gasteiger charge is -2.17. The number of nitrogens with one attached hydrogen (secondary N) is 2. The van der Waals surface area contributed by atoms with E-state index in [4.69, 9.17) is 0 Å². The van der Waals surface area contributed by atoms with Gasteiger partial charge in [-0.15, -0.1) is 0 Å². The minimum absolute atomic E-state index is 0.0340. The molecule has 0 radical (unpaired) electrons. The monoisotopic (exact) mass is 617 g/mol. The molecular weight excluding hydrogens is 585 g/mol. The Morgan fingerprint density at radius 2 is 1.83 bits per heavy atom. The quantitative estimate of drug-likeness (QED) is 0.156. The summed E-state index contributed by atoms with van der Waals surface area (Å²) >= 11 is 3.55. The van der Waals surface area contributed by atoms with Gasteiger partial charge in [-0.3, -0.25) is 24.1 Å². The highest BCUT2D eigenvalue weighted by atomic mass is 127. The molecule has 192 valence electrons. The molecular formula is C24H32IN3O6S. The van der Waals surface area contributed by atoms with Crippen molar-refractivity contribution in [1.29, 1.82) is 0 Å². The molecule has 0 aromatic heterocycles. The number of carboxylic acids is 1. The number of nitrogens with zero attached hydrogens (tertiary/aromatic N) is 1. The first kappa shape index (κ1) is 29.1. The van der Waals surface area contributed by atoms with Crippen LogP contribution in [0.25, 0.3) is 0 Å². The number of carbonyl (C=O) groups excluding carboxylic acids is 4. The number of unbranched alkanes of at least 4 members (excludes halogenated alkanes) is 1. The van der Waals surface area contributed by atoms with Gasteiger partial charge in [-0.05, 0) is 78.6 Å². The van der Waals surface area contributed by atoms with E-state index in [1.165, 1.54) is 20.9 Å². The fourth-order valence-corrected chi connectivity index (χ4v) is 4.70. The number of carbonyl (C=O) groups is 5. The van der Waals surface area contributed by atoms with Crippen molar-refractivity contribution in [2.24, 2.45) is 0 Å². The molecule has 0 bridgehead atoms. The van der Waals surface area contributed by atoms with E-state index in [0.717, 1.165) is 17.7 Å². The molecule has 1 aliphatic heterocycles. The number of amides is 4. The predicted molar refractivity (Wildman–Crippen MR) is 142 cm³/mol. The molecule has 9 nitrogen and oxygen atoms in total. The lowest BCUT2D eigenvalue weighted by molar-refractivity contribution is -0.143. The molecule has 4 amide bonds. The molecule has 2 unspecified atom stereocenters. The van der Waals surface area contributed by atoms with Crippen LogP contribution < -0.4 is 10.6 Å². The van der Waals surface area contributed by atoms with E-state index in [2.05, 4.69) is 45.4 Å². The van der Waals surface area contributed by atoms with Crippen LogP contribution in [0.15, 0.2) is 24.3 Å². The van der Waals surface area contributed by atoms with E-state index >= 15 is 0 Å². The summed E-state index contributed by atoms with van der Waals surface area (Å²) in [6.45, 7) is 0.390. The molecule has 0 saturated carbocycles. The smallest absolute Gasteiger partial charge is 0.326 e. The molecule has 0 spiro atoms. The second kappa shape index (κ2) is 15.1. The van der Waals surface area contributed by atoms with E-state index in [9.17, 15) is 29.1 Å². The zero-order valence-corrected chi connectivity index (χ0v) is 22.7. The van der Waals surface area contributed by atoms with Gasteiger partial charge in [0.1, 0.15) is 6.04 Å². The highest BCUT2D eigenvalue weighted by molar-refractivity contribution is 14.1. The van der Waals surface area contributed by atoms with E-state index in [-0.39, 0.29) is 43.5 Å². The minimum atomic E-state index is -1.14. The van der Waals surface area contributed by atoms with Crippen LogP contribution in [0.5, 0.6) is 0 Å². The molecule has 1 fully saturated rings. The largest absolute Gasteiger partial charge is 0.480 e.